The Labute approximate surface area is 237 Å². The van der Waals surface area contributed by atoms with E-state index in [-0.39, 0.29) is 24.8 Å². The van der Waals surface area contributed by atoms with Gasteiger partial charge < -0.3 is 29.2 Å². The Balaban J connectivity index is 1.92. The van der Waals surface area contributed by atoms with Crippen molar-refractivity contribution in [3.8, 4) is 17.2 Å². The van der Waals surface area contributed by atoms with Crippen LogP contribution in [0.4, 0.5) is 0 Å². The summed E-state index contributed by atoms with van der Waals surface area (Å²) in [4.78, 5) is 29.3. The molecule has 0 saturated heterocycles. The van der Waals surface area contributed by atoms with Gasteiger partial charge in [0, 0.05) is 32.7 Å². The second kappa shape index (κ2) is 16.2. The van der Waals surface area contributed by atoms with E-state index in [9.17, 15) is 9.59 Å². The van der Waals surface area contributed by atoms with Gasteiger partial charge in [-0.15, -0.1) is 0 Å². The van der Waals surface area contributed by atoms with Crippen LogP contribution in [-0.2, 0) is 33.7 Å². The number of amides is 2. The summed E-state index contributed by atoms with van der Waals surface area (Å²) < 4.78 is 21.5. The van der Waals surface area contributed by atoms with Crippen LogP contribution in [0.15, 0.2) is 72.8 Å². The maximum atomic E-state index is 14.0. The van der Waals surface area contributed by atoms with Crippen LogP contribution in [0, 0.1) is 0 Å². The largest absolute Gasteiger partial charge is 0.497 e. The molecule has 0 unspecified atom stereocenters. The Morgan fingerprint density at radius 2 is 1.52 bits per heavy atom. The molecule has 0 aliphatic carbocycles. The first-order chi connectivity index (χ1) is 19.5. The van der Waals surface area contributed by atoms with Gasteiger partial charge in [-0.25, -0.2) is 0 Å². The molecule has 1 N–H and O–H groups in total. The van der Waals surface area contributed by atoms with E-state index in [1.165, 1.54) is 0 Å². The van der Waals surface area contributed by atoms with Crippen LogP contribution in [0.25, 0.3) is 0 Å². The van der Waals surface area contributed by atoms with Gasteiger partial charge in [-0.2, -0.15) is 0 Å². The van der Waals surface area contributed by atoms with Crippen LogP contribution in [0.5, 0.6) is 17.2 Å². The number of methoxy groups -OCH3 is 3. The minimum Gasteiger partial charge on any atom is -0.497 e. The van der Waals surface area contributed by atoms with Crippen LogP contribution in [0.1, 0.15) is 30.0 Å². The predicted molar refractivity (Wildman–Crippen MR) is 155 cm³/mol. The lowest BCUT2D eigenvalue weighted by atomic mass is 10.0. The normalized spacial score (nSPS) is 11.4. The summed E-state index contributed by atoms with van der Waals surface area (Å²) in [6, 6.07) is 22.0. The fourth-order valence-electron chi connectivity index (χ4n) is 4.40. The number of carbonyl (C=O) groups excluding carboxylic acids is 2. The highest BCUT2D eigenvalue weighted by molar-refractivity contribution is 5.89. The number of rotatable bonds is 16. The van der Waals surface area contributed by atoms with Gasteiger partial charge in [0.2, 0.25) is 11.8 Å². The highest BCUT2D eigenvalue weighted by atomic mass is 16.5. The van der Waals surface area contributed by atoms with E-state index >= 15 is 0 Å². The second-order valence-electron chi connectivity index (χ2n) is 9.28. The fourth-order valence-corrected chi connectivity index (χ4v) is 4.40. The average Bonchev–Trinajstić information content (AvgIpc) is 2.99. The lowest BCUT2D eigenvalue weighted by Gasteiger charge is -2.32. The molecular weight excluding hydrogens is 508 g/mol. The standard InChI is InChI=1S/C32H40N2O6/c1-5-40-19-9-18-33-32(36)28(20-24-10-7-6-8-11-24)34(23-25-12-15-27(37-2)16-13-25)31(35)22-26-14-17-29(38-3)30(21-26)39-4/h6-8,10-17,21,28H,5,9,18-20,22-23H2,1-4H3,(H,33,36)/t28-/m1/s1. The maximum absolute atomic E-state index is 14.0. The smallest absolute Gasteiger partial charge is 0.243 e. The van der Waals surface area contributed by atoms with Crippen molar-refractivity contribution in [3.63, 3.8) is 0 Å². The fraction of sp³-hybridized carbons (Fsp3) is 0.375. The minimum absolute atomic E-state index is 0.0966. The van der Waals surface area contributed by atoms with E-state index in [0.29, 0.717) is 44.1 Å². The average molecular weight is 549 g/mol. The second-order valence-corrected chi connectivity index (χ2v) is 9.28. The van der Waals surface area contributed by atoms with Gasteiger partial charge in [-0.1, -0.05) is 48.5 Å². The van der Waals surface area contributed by atoms with Crippen molar-refractivity contribution in [1.82, 2.24) is 10.2 Å². The van der Waals surface area contributed by atoms with Crippen molar-refractivity contribution in [2.45, 2.75) is 38.8 Å². The van der Waals surface area contributed by atoms with Gasteiger partial charge in [0.15, 0.2) is 11.5 Å². The molecule has 3 aromatic rings. The maximum Gasteiger partial charge on any atom is 0.243 e. The molecule has 214 valence electrons. The molecule has 2 amide bonds. The first-order valence-corrected chi connectivity index (χ1v) is 13.5. The molecule has 8 heteroatoms. The summed E-state index contributed by atoms with van der Waals surface area (Å²) >= 11 is 0. The summed E-state index contributed by atoms with van der Waals surface area (Å²) in [5, 5.41) is 3.03. The Morgan fingerprint density at radius 1 is 0.825 bits per heavy atom. The van der Waals surface area contributed by atoms with Crippen LogP contribution in [0.2, 0.25) is 0 Å². The van der Waals surface area contributed by atoms with Gasteiger partial charge in [-0.3, -0.25) is 9.59 Å². The molecule has 40 heavy (non-hydrogen) atoms. The Bertz CT molecular complexity index is 1200. The van der Waals surface area contributed by atoms with Crippen molar-refractivity contribution in [3.05, 3.63) is 89.5 Å². The third-order valence-electron chi connectivity index (χ3n) is 6.56. The van der Waals surface area contributed by atoms with Crippen LogP contribution >= 0.6 is 0 Å². The van der Waals surface area contributed by atoms with Crippen molar-refractivity contribution in [2.75, 3.05) is 41.1 Å². The van der Waals surface area contributed by atoms with Gasteiger partial charge in [-0.05, 0) is 54.3 Å². The minimum atomic E-state index is -0.718. The number of nitrogens with zero attached hydrogens (tertiary/aromatic N) is 1. The molecule has 3 rings (SSSR count). The molecule has 0 bridgehead atoms. The van der Waals surface area contributed by atoms with E-state index in [1.54, 1.807) is 38.4 Å². The third kappa shape index (κ3) is 9.02. The van der Waals surface area contributed by atoms with E-state index in [2.05, 4.69) is 5.32 Å². The Morgan fingerprint density at radius 3 is 2.17 bits per heavy atom. The number of hydrogen-bond acceptors (Lipinski definition) is 6. The van der Waals surface area contributed by atoms with Gasteiger partial charge in [0.1, 0.15) is 11.8 Å². The SMILES string of the molecule is CCOCCCNC(=O)[C@@H](Cc1ccccc1)N(Cc1ccc(OC)cc1)C(=O)Cc1ccc(OC)c(OC)c1. The number of benzene rings is 3. The summed E-state index contributed by atoms with van der Waals surface area (Å²) in [6.07, 6.45) is 1.17. The molecule has 0 aliphatic rings. The number of carbonyl (C=O) groups is 2. The molecule has 0 spiro atoms. The van der Waals surface area contributed by atoms with E-state index < -0.39 is 6.04 Å². The summed E-state index contributed by atoms with van der Waals surface area (Å²) in [7, 11) is 4.74. The molecule has 3 aromatic carbocycles. The lowest BCUT2D eigenvalue weighted by Crippen LogP contribution is -2.51. The summed E-state index contributed by atoms with van der Waals surface area (Å²) in [5.74, 6) is 1.48. The zero-order chi connectivity index (χ0) is 28.7. The van der Waals surface area contributed by atoms with Crippen molar-refractivity contribution in [2.24, 2.45) is 0 Å². The summed E-state index contributed by atoms with van der Waals surface area (Å²) in [6.45, 7) is 3.86. The first-order valence-electron chi connectivity index (χ1n) is 13.5. The van der Waals surface area contributed by atoms with E-state index in [0.717, 1.165) is 22.4 Å². The van der Waals surface area contributed by atoms with Crippen molar-refractivity contribution < 1.29 is 28.5 Å². The van der Waals surface area contributed by atoms with Crippen LogP contribution in [-0.4, -0.2) is 63.8 Å². The molecule has 1 atom stereocenters. The highest BCUT2D eigenvalue weighted by Crippen LogP contribution is 2.28. The van der Waals surface area contributed by atoms with E-state index in [4.69, 9.17) is 18.9 Å². The van der Waals surface area contributed by atoms with E-state index in [1.807, 2.05) is 67.6 Å². The highest BCUT2D eigenvalue weighted by Gasteiger charge is 2.30. The van der Waals surface area contributed by atoms with Crippen LogP contribution in [0.3, 0.4) is 0 Å². The molecule has 0 saturated carbocycles. The molecule has 0 fully saturated rings. The third-order valence-corrected chi connectivity index (χ3v) is 6.56. The summed E-state index contributed by atoms with van der Waals surface area (Å²) in [5.41, 5.74) is 2.62. The zero-order valence-electron chi connectivity index (χ0n) is 23.9. The lowest BCUT2D eigenvalue weighted by molar-refractivity contribution is -0.140. The molecule has 8 nitrogen and oxygen atoms in total. The quantitative estimate of drug-likeness (QED) is 0.267. The topological polar surface area (TPSA) is 86.3 Å². The van der Waals surface area contributed by atoms with Gasteiger partial charge in [0.05, 0.1) is 27.8 Å². The van der Waals surface area contributed by atoms with Crippen LogP contribution < -0.4 is 19.5 Å². The molecule has 0 aromatic heterocycles. The monoisotopic (exact) mass is 548 g/mol. The predicted octanol–water partition coefficient (Wildman–Crippen LogP) is 4.44. The number of hydrogen-bond donors (Lipinski definition) is 1. The molecule has 0 aliphatic heterocycles. The Kier molecular flexibility index (Phi) is 12.3. The molecule has 0 radical (unpaired) electrons. The number of ether oxygens (including phenoxy) is 4. The molecule has 0 heterocycles. The van der Waals surface area contributed by atoms with Gasteiger partial charge >= 0.3 is 0 Å². The Hall–Kier alpha value is -4.04. The first kappa shape index (κ1) is 30.5. The number of nitrogens with one attached hydrogen (secondary N) is 1. The van der Waals surface area contributed by atoms with Crippen molar-refractivity contribution >= 4 is 11.8 Å². The zero-order valence-corrected chi connectivity index (χ0v) is 23.9. The van der Waals surface area contributed by atoms with Crippen molar-refractivity contribution in [1.29, 1.82) is 0 Å². The van der Waals surface area contributed by atoms with Gasteiger partial charge in [0.25, 0.3) is 0 Å². The molecular formula is C32H40N2O6.